The van der Waals surface area contributed by atoms with Crippen LogP contribution in [0, 0.1) is 0 Å². The van der Waals surface area contributed by atoms with Crippen LogP contribution in [0.25, 0.3) is 0 Å². The molecule has 0 aliphatic carbocycles. The molecule has 0 fully saturated rings. The minimum atomic E-state index is -0.226. The van der Waals surface area contributed by atoms with Crippen molar-refractivity contribution >= 4 is 40.6 Å². The molecule has 0 unspecified atom stereocenters. The van der Waals surface area contributed by atoms with E-state index in [0.717, 1.165) is 0 Å². The number of rotatable bonds is 5. The number of hydrogen-bond donors (Lipinski definition) is 0. The minimum Gasteiger partial charge on any atom is -0.495 e. The van der Waals surface area contributed by atoms with Gasteiger partial charge in [-0.2, -0.15) is 0 Å². The first-order valence-corrected chi connectivity index (χ1v) is 7.10. The normalized spacial score (nSPS) is 10.3. The molecule has 0 aliphatic rings. The lowest BCUT2D eigenvalue weighted by Crippen LogP contribution is -2.11. The van der Waals surface area contributed by atoms with Crippen molar-refractivity contribution in [1.82, 2.24) is 0 Å². The number of benzene rings is 2. The Labute approximate surface area is 137 Å². The smallest absolute Gasteiger partial charge is 0.200 e. The lowest BCUT2D eigenvalue weighted by atomic mass is 10.1. The first-order chi connectivity index (χ1) is 10.0. The van der Waals surface area contributed by atoms with Gasteiger partial charge in [0.25, 0.3) is 0 Å². The van der Waals surface area contributed by atoms with E-state index in [1.807, 2.05) is 0 Å². The maximum Gasteiger partial charge on any atom is 0.200 e. The molecule has 2 aromatic carbocycles. The van der Waals surface area contributed by atoms with Gasteiger partial charge in [0.05, 0.1) is 17.2 Å². The van der Waals surface area contributed by atoms with Gasteiger partial charge >= 0.3 is 0 Å². The average Bonchev–Trinajstić information content (AvgIpc) is 2.48. The summed E-state index contributed by atoms with van der Waals surface area (Å²) in [6.45, 7) is -0.164. The Kier molecular flexibility index (Phi) is 5.34. The molecule has 0 radical (unpaired) electrons. The fourth-order valence-electron chi connectivity index (χ4n) is 1.66. The number of ether oxygens (including phenoxy) is 2. The van der Waals surface area contributed by atoms with E-state index < -0.39 is 0 Å². The second kappa shape index (κ2) is 7.03. The van der Waals surface area contributed by atoms with Crippen molar-refractivity contribution in [2.45, 2.75) is 0 Å². The van der Waals surface area contributed by atoms with Gasteiger partial charge in [-0.05, 0) is 30.3 Å². The molecule has 6 heteroatoms. The summed E-state index contributed by atoms with van der Waals surface area (Å²) in [5.74, 6) is 0.639. The zero-order valence-corrected chi connectivity index (χ0v) is 13.3. The zero-order valence-electron chi connectivity index (χ0n) is 11.0. The molecular weight excluding hydrogens is 335 g/mol. The summed E-state index contributed by atoms with van der Waals surface area (Å²) in [5.41, 5.74) is 0.430. The van der Waals surface area contributed by atoms with E-state index in [4.69, 9.17) is 44.3 Å². The van der Waals surface area contributed by atoms with Crippen molar-refractivity contribution in [3.63, 3.8) is 0 Å². The van der Waals surface area contributed by atoms with E-state index in [2.05, 4.69) is 0 Å². The zero-order chi connectivity index (χ0) is 15.4. The summed E-state index contributed by atoms with van der Waals surface area (Å²) in [5, 5.41) is 1.01. The van der Waals surface area contributed by atoms with E-state index in [-0.39, 0.29) is 17.4 Å². The second-order valence-corrected chi connectivity index (χ2v) is 5.31. The van der Waals surface area contributed by atoms with Crippen LogP contribution in [0.5, 0.6) is 11.5 Å². The van der Waals surface area contributed by atoms with Crippen LogP contribution < -0.4 is 9.47 Å². The van der Waals surface area contributed by atoms with Crippen molar-refractivity contribution in [2.24, 2.45) is 0 Å². The predicted octanol–water partition coefficient (Wildman–Crippen LogP) is 4.92. The topological polar surface area (TPSA) is 35.5 Å². The number of methoxy groups -OCH3 is 1. The Balaban J connectivity index is 2.08. The first-order valence-electron chi connectivity index (χ1n) is 5.96. The van der Waals surface area contributed by atoms with E-state index in [0.29, 0.717) is 27.1 Å². The van der Waals surface area contributed by atoms with Crippen molar-refractivity contribution in [2.75, 3.05) is 13.7 Å². The number of hydrogen-bond acceptors (Lipinski definition) is 3. The van der Waals surface area contributed by atoms with Crippen LogP contribution in [0.4, 0.5) is 0 Å². The molecule has 0 saturated carbocycles. The van der Waals surface area contributed by atoms with Crippen molar-refractivity contribution in [1.29, 1.82) is 0 Å². The van der Waals surface area contributed by atoms with E-state index in [9.17, 15) is 4.79 Å². The monoisotopic (exact) mass is 344 g/mol. The summed E-state index contributed by atoms with van der Waals surface area (Å²) in [7, 11) is 1.51. The summed E-state index contributed by atoms with van der Waals surface area (Å²) in [6, 6.07) is 9.76. The summed E-state index contributed by atoms with van der Waals surface area (Å²) < 4.78 is 10.4. The van der Waals surface area contributed by atoms with Crippen molar-refractivity contribution in [3.8, 4) is 11.5 Å². The first kappa shape index (κ1) is 16.0. The van der Waals surface area contributed by atoms with Gasteiger partial charge < -0.3 is 9.47 Å². The summed E-state index contributed by atoms with van der Waals surface area (Å²) >= 11 is 17.8. The number of carbonyl (C=O) groups is 1. The molecule has 0 heterocycles. The van der Waals surface area contributed by atoms with Gasteiger partial charge in [0.2, 0.25) is 0 Å². The Bertz CT molecular complexity index is 671. The fourth-order valence-corrected chi connectivity index (χ4v) is 2.27. The number of halogens is 3. The van der Waals surface area contributed by atoms with E-state index >= 15 is 0 Å². The lowest BCUT2D eigenvalue weighted by Gasteiger charge is -2.09. The molecule has 0 aromatic heterocycles. The van der Waals surface area contributed by atoms with Crippen LogP contribution in [-0.2, 0) is 0 Å². The number of carbonyl (C=O) groups excluding carboxylic acids is 1. The minimum absolute atomic E-state index is 0.164. The van der Waals surface area contributed by atoms with Crippen molar-refractivity contribution < 1.29 is 14.3 Å². The predicted molar refractivity (Wildman–Crippen MR) is 84.3 cm³/mol. The van der Waals surface area contributed by atoms with Crippen LogP contribution in [0.2, 0.25) is 15.1 Å². The third kappa shape index (κ3) is 3.82. The van der Waals surface area contributed by atoms with Gasteiger partial charge in [0.1, 0.15) is 16.5 Å². The molecule has 110 valence electrons. The standard InChI is InChI=1S/C15H11Cl3O3/c1-20-13-6-5-9(7-11(13)17)12(19)8-21-14-4-2-3-10(16)15(14)18/h2-7H,8H2,1H3. The fraction of sp³-hybridized carbons (Fsp3) is 0.133. The van der Waals surface area contributed by atoms with Gasteiger partial charge in [0, 0.05) is 5.56 Å². The lowest BCUT2D eigenvalue weighted by molar-refractivity contribution is 0.0921. The molecule has 0 amide bonds. The van der Waals surface area contributed by atoms with Crippen LogP contribution >= 0.6 is 34.8 Å². The average molecular weight is 346 g/mol. The van der Waals surface area contributed by atoms with Crippen LogP contribution in [0.1, 0.15) is 10.4 Å². The highest BCUT2D eigenvalue weighted by molar-refractivity contribution is 6.42. The van der Waals surface area contributed by atoms with E-state index in [1.165, 1.54) is 13.2 Å². The largest absolute Gasteiger partial charge is 0.495 e. The SMILES string of the molecule is COc1ccc(C(=O)COc2cccc(Cl)c2Cl)cc1Cl. The van der Waals surface area contributed by atoms with Gasteiger partial charge in [-0.15, -0.1) is 0 Å². The van der Waals surface area contributed by atoms with Crippen LogP contribution in [0.3, 0.4) is 0 Å². The molecule has 0 atom stereocenters. The molecule has 21 heavy (non-hydrogen) atoms. The molecule has 0 N–H and O–H groups in total. The molecule has 2 aromatic rings. The van der Waals surface area contributed by atoms with Gasteiger partial charge in [-0.3, -0.25) is 4.79 Å². The Morgan fingerprint density at radius 3 is 2.48 bits per heavy atom. The molecule has 0 aliphatic heterocycles. The molecule has 3 nitrogen and oxygen atoms in total. The highest BCUT2D eigenvalue weighted by Crippen LogP contribution is 2.31. The number of Topliss-reactive ketones (excluding diaryl/α,β-unsaturated/α-hetero) is 1. The van der Waals surface area contributed by atoms with E-state index in [1.54, 1.807) is 30.3 Å². The third-order valence-electron chi connectivity index (χ3n) is 2.75. The quantitative estimate of drug-likeness (QED) is 0.722. The highest BCUT2D eigenvalue weighted by atomic mass is 35.5. The molecule has 2 rings (SSSR count). The highest BCUT2D eigenvalue weighted by Gasteiger charge is 2.12. The number of ketones is 1. The second-order valence-electron chi connectivity index (χ2n) is 4.11. The maximum atomic E-state index is 12.1. The van der Waals surface area contributed by atoms with Gasteiger partial charge in [-0.25, -0.2) is 0 Å². The Morgan fingerprint density at radius 1 is 1.05 bits per heavy atom. The maximum absolute atomic E-state index is 12.1. The van der Waals surface area contributed by atoms with Gasteiger partial charge in [-0.1, -0.05) is 40.9 Å². The van der Waals surface area contributed by atoms with Crippen molar-refractivity contribution in [3.05, 3.63) is 57.0 Å². The van der Waals surface area contributed by atoms with Crippen LogP contribution in [-0.4, -0.2) is 19.5 Å². The summed E-state index contributed by atoms with van der Waals surface area (Å²) in [4.78, 5) is 12.1. The van der Waals surface area contributed by atoms with Crippen LogP contribution in [0.15, 0.2) is 36.4 Å². The summed E-state index contributed by atoms with van der Waals surface area (Å²) in [6.07, 6.45) is 0. The molecule has 0 spiro atoms. The third-order valence-corrected chi connectivity index (χ3v) is 3.85. The molecular formula is C15H11Cl3O3. The van der Waals surface area contributed by atoms with Gasteiger partial charge in [0.15, 0.2) is 12.4 Å². The Hall–Kier alpha value is -1.42. The molecule has 0 bridgehead atoms. The molecule has 0 saturated heterocycles. The Morgan fingerprint density at radius 2 is 1.81 bits per heavy atom.